The van der Waals surface area contributed by atoms with Crippen LogP contribution in [-0.4, -0.2) is 57.4 Å². The van der Waals surface area contributed by atoms with Gasteiger partial charge in [0.15, 0.2) is 0 Å². The molecule has 0 saturated heterocycles. The van der Waals surface area contributed by atoms with Gasteiger partial charge in [-0.3, -0.25) is 0 Å². The summed E-state index contributed by atoms with van der Waals surface area (Å²) in [6.45, 7) is 7.61. The highest BCUT2D eigenvalue weighted by Crippen LogP contribution is 2.61. The SMILES string of the molecule is CCCC[P+](CCCC)(CCCC)CCCCCCCCCCOc1cc(C(=O)OC)cc(C(=O)OC)c1.[Br-]. The molecule has 7 heteroatoms. The van der Waals surface area contributed by atoms with Crippen molar-refractivity contribution in [2.75, 3.05) is 45.5 Å². The molecule has 39 heavy (non-hydrogen) atoms. The number of hydrogen-bond donors (Lipinski definition) is 0. The normalized spacial score (nSPS) is 11.1. The van der Waals surface area contributed by atoms with Gasteiger partial charge in [0.1, 0.15) is 5.75 Å². The minimum atomic E-state index is -0.732. The smallest absolute Gasteiger partial charge is 0.338 e. The summed E-state index contributed by atoms with van der Waals surface area (Å²) >= 11 is 0. The molecule has 0 fully saturated rings. The average molecular weight is 632 g/mol. The average Bonchev–Trinajstić information content (AvgIpc) is 2.95. The number of benzene rings is 1. The van der Waals surface area contributed by atoms with E-state index in [0.29, 0.717) is 12.4 Å². The molecule has 1 aromatic carbocycles. The standard InChI is InChI=1S/C32H56O5P.BrH/c1-6-9-21-38(22-10-7-2,23-11-8-3)24-19-17-15-13-12-14-16-18-20-37-30-26-28(31(33)35-4)25-29(27-30)32(34)36-5;/h25-27H,6-24H2,1-5H3;1H/q+1;/p-1. The zero-order chi connectivity index (χ0) is 28.1. The van der Waals surface area contributed by atoms with Crippen molar-refractivity contribution in [1.29, 1.82) is 0 Å². The Labute approximate surface area is 250 Å². The Hall–Kier alpha value is -1.13. The number of carbonyl (C=O) groups is 2. The van der Waals surface area contributed by atoms with Gasteiger partial charge < -0.3 is 31.2 Å². The van der Waals surface area contributed by atoms with E-state index in [4.69, 9.17) is 14.2 Å². The minimum Gasteiger partial charge on any atom is -1.00 e. The molecule has 226 valence electrons. The van der Waals surface area contributed by atoms with Gasteiger partial charge in [0.25, 0.3) is 0 Å². The predicted molar refractivity (Wildman–Crippen MR) is 163 cm³/mol. The Morgan fingerprint density at radius 3 is 1.38 bits per heavy atom. The Morgan fingerprint density at radius 2 is 0.974 bits per heavy atom. The number of rotatable bonds is 23. The third-order valence-corrected chi connectivity index (χ3v) is 12.6. The highest BCUT2D eigenvalue weighted by Gasteiger charge is 2.34. The van der Waals surface area contributed by atoms with E-state index in [0.717, 1.165) is 12.8 Å². The van der Waals surface area contributed by atoms with Crippen molar-refractivity contribution in [2.45, 2.75) is 111 Å². The largest absolute Gasteiger partial charge is 1.00 e. The van der Waals surface area contributed by atoms with Gasteiger partial charge in [-0.05, 0) is 56.7 Å². The lowest BCUT2D eigenvalue weighted by Crippen LogP contribution is -3.00. The first-order valence-electron chi connectivity index (χ1n) is 15.2. The lowest BCUT2D eigenvalue weighted by molar-refractivity contribution is -0.0000374. The van der Waals surface area contributed by atoms with Crippen LogP contribution in [0.25, 0.3) is 0 Å². The molecule has 1 aromatic rings. The van der Waals surface area contributed by atoms with E-state index in [1.54, 1.807) is 36.8 Å². The summed E-state index contributed by atoms with van der Waals surface area (Å²) in [5.41, 5.74) is 0.566. The number of methoxy groups -OCH3 is 2. The van der Waals surface area contributed by atoms with E-state index in [1.807, 2.05) is 0 Å². The van der Waals surface area contributed by atoms with E-state index in [2.05, 4.69) is 20.8 Å². The molecule has 5 nitrogen and oxygen atoms in total. The van der Waals surface area contributed by atoms with Gasteiger partial charge in [0.2, 0.25) is 0 Å². The fraction of sp³-hybridized carbons (Fsp3) is 0.750. The molecular weight excluding hydrogens is 575 g/mol. The van der Waals surface area contributed by atoms with Crippen molar-refractivity contribution in [1.82, 2.24) is 0 Å². The summed E-state index contributed by atoms with van der Waals surface area (Å²) < 4.78 is 15.4. The topological polar surface area (TPSA) is 61.8 Å². The van der Waals surface area contributed by atoms with Crippen molar-refractivity contribution in [3.8, 4) is 5.75 Å². The molecule has 0 aromatic heterocycles. The first kappa shape index (κ1) is 37.9. The maximum absolute atomic E-state index is 11.9. The lowest BCUT2D eigenvalue weighted by atomic mass is 10.1. The summed E-state index contributed by atoms with van der Waals surface area (Å²) in [6, 6.07) is 4.69. The first-order valence-corrected chi connectivity index (χ1v) is 17.8. The van der Waals surface area contributed by atoms with Crippen molar-refractivity contribution in [3.63, 3.8) is 0 Å². The quantitative estimate of drug-likeness (QED) is 0.0821. The van der Waals surface area contributed by atoms with Crippen LogP contribution in [0.4, 0.5) is 0 Å². The van der Waals surface area contributed by atoms with Gasteiger partial charge >= 0.3 is 11.9 Å². The zero-order valence-electron chi connectivity index (χ0n) is 25.5. The van der Waals surface area contributed by atoms with Crippen LogP contribution in [-0.2, 0) is 9.47 Å². The number of unbranched alkanes of at least 4 members (excludes halogenated alkanes) is 10. The minimum absolute atomic E-state index is 0. The lowest BCUT2D eigenvalue weighted by Gasteiger charge is -2.28. The van der Waals surface area contributed by atoms with Crippen molar-refractivity contribution >= 4 is 19.2 Å². The second kappa shape index (κ2) is 23.6. The fourth-order valence-corrected chi connectivity index (χ4v) is 10.3. The van der Waals surface area contributed by atoms with Gasteiger partial charge in [-0.15, -0.1) is 0 Å². The number of ether oxygens (including phenoxy) is 3. The van der Waals surface area contributed by atoms with E-state index >= 15 is 0 Å². The van der Waals surface area contributed by atoms with Crippen molar-refractivity contribution in [3.05, 3.63) is 29.3 Å². The van der Waals surface area contributed by atoms with E-state index in [-0.39, 0.29) is 28.1 Å². The Bertz CT molecular complexity index is 730. The van der Waals surface area contributed by atoms with Gasteiger partial charge in [-0.2, -0.15) is 0 Å². The maximum atomic E-state index is 11.9. The van der Waals surface area contributed by atoms with E-state index in [9.17, 15) is 9.59 Å². The Morgan fingerprint density at radius 1 is 0.590 bits per heavy atom. The number of halogens is 1. The van der Waals surface area contributed by atoms with Crippen LogP contribution in [0.1, 0.15) is 131 Å². The highest BCUT2D eigenvalue weighted by atomic mass is 79.9. The van der Waals surface area contributed by atoms with E-state index < -0.39 is 19.2 Å². The predicted octanol–water partition coefficient (Wildman–Crippen LogP) is 6.18. The van der Waals surface area contributed by atoms with Crippen molar-refractivity contribution in [2.24, 2.45) is 0 Å². The first-order chi connectivity index (χ1) is 18.4. The second-order valence-corrected chi connectivity index (χ2v) is 15.2. The fourth-order valence-electron chi connectivity index (χ4n) is 5.11. The monoisotopic (exact) mass is 630 g/mol. The summed E-state index contributed by atoms with van der Waals surface area (Å²) in [4.78, 5) is 23.8. The molecule has 0 bridgehead atoms. The van der Waals surface area contributed by atoms with Crippen LogP contribution in [0.15, 0.2) is 18.2 Å². The van der Waals surface area contributed by atoms with Crippen molar-refractivity contribution < 1.29 is 40.8 Å². The maximum Gasteiger partial charge on any atom is 0.338 e. The van der Waals surface area contributed by atoms with E-state index in [1.165, 1.54) is 97.3 Å². The third kappa shape index (κ3) is 16.0. The molecule has 1 rings (SSSR count). The Kier molecular flexibility index (Phi) is 22.9. The highest BCUT2D eigenvalue weighted by molar-refractivity contribution is 7.75. The van der Waals surface area contributed by atoms with Crippen LogP contribution >= 0.6 is 7.26 Å². The molecule has 0 unspecified atom stereocenters. The summed E-state index contributed by atoms with van der Waals surface area (Å²) in [5.74, 6) is -0.517. The molecule has 0 spiro atoms. The van der Waals surface area contributed by atoms with Crippen LogP contribution in [0.2, 0.25) is 0 Å². The summed E-state index contributed by atoms with van der Waals surface area (Å²) in [6.07, 6.45) is 24.6. The molecular formula is C32H56BrO5P. The van der Waals surface area contributed by atoms with Crippen LogP contribution in [0, 0.1) is 0 Å². The van der Waals surface area contributed by atoms with Gasteiger partial charge in [0, 0.05) is 7.26 Å². The summed E-state index contributed by atoms with van der Waals surface area (Å²) in [7, 11) is 1.90. The van der Waals surface area contributed by atoms with Gasteiger partial charge in [-0.1, -0.05) is 72.1 Å². The molecule has 0 aliphatic heterocycles. The molecule has 0 radical (unpaired) electrons. The van der Waals surface area contributed by atoms with Crippen LogP contribution in [0.5, 0.6) is 5.75 Å². The number of carbonyl (C=O) groups excluding carboxylic acids is 2. The third-order valence-electron chi connectivity index (χ3n) is 7.50. The van der Waals surface area contributed by atoms with Gasteiger partial charge in [0.05, 0.1) is 56.6 Å². The van der Waals surface area contributed by atoms with Crippen LogP contribution in [0.3, 0.4) is 0 Å². The molecule has 0 aliphatic rings. The molecule has 0 heterocycles. The number of hydrogen-bond acceptors (Lipinski definition) is 5. The summed E-state index contributed by atoms with van der Waals surface area (Å²) in [5, 5.41) is 0. The van der Waals surface area contributed by atoms with Crippen LogP contribution < -0.4 is 21.7 Å². The molecule has 0 aliphatic carbocycles. The zero-order valence-corrected chi connectivity index (χ0v) is 28.0. The molecule has 0 N–H and O–H groups in total. The molecule has 0 amide bonds. The molecule has 0 atom stereocenters. The second-order valence-electron chi connectivity index (χ2n) is 10.7. The van der Waals surface area contributed by atoms with Gasteiger partial charge in [-0.25, -0.2) is 9.59 Å². The Balaban J connectivity index is 0.0000144. The molecule has 0 saturated carbocycles. The number of esters is 2.